The molecule has 0 aliphatic carbocycles. The molecule has 0 aromatic heterocycles. The van der Waals surface area contributed by atoms with E-state index >= 15 is 0 Å². The molecular weight excluding hydrogens is 782 g/mol. The standard InChI is InChI=1S/C37H59N7O15/c1-8-10-21(30(51)35(56)41-24(17-45)37(58)59-7)39-33(54)25-11-9-16-44(25)36(57)29(19(4)5)43-34(55)28(18(2)3)42-32(53)23(13-15-27(49)50)40-31(52)22(38-20(6)46)12-14-26(47)48/h18-19,21-25,28-29,45H,8-17H2,1-7H3,(H,38,46)(H,39,54)(H,40,52)(H,41,56)(H,42,53)(H,43,55)(H,47,48)(H,49,50)/t21-,22-,23-,24-,25-,28-,29-/m0/s1. The van der Waals surface area contributed by atoms with Crippen molar-refractivity contribution in [1.82, 2.24) is 36.8 Å². The Bertz CT molecular complexity index is 1570. The van der Waals surface area contributed by atoms with Crippen molar-refractivity contribution in [1.29, 1.82) is 0 Å². The van der Waals surface area contributed by atoms with Gasteiger partial charge in [0.15, 0.2) is 6.04 Å². The van der Waals surface area contributed by atoms with Gasteiger partial charge < -0.3 is 56.9 Å². The third-order valence-corrected chi connectivity index (χ3v) is 9.34. The fraction of sp³-hybridized carbons (Fsp3) is 0.703. The van der Waals surface area contributed by atoms with Crippen LogP contribution in [0.4, 0.5) is 0 Å². The van der Waals surface area contributed by atoms with Crippen LogP contribution in [-0.4, -0.2) is 148 Å². The van der Waals surface area contributed by atoms with E-state index in [1.54, 1.807) is 34.6 Å². The number of carboxylic acid groups (broad SMARTS) is 2. The fourth-order valence-electron chi connectivity index (χ4n) is 6.15. The molecule has 22 heteroatoms. The van der Waals surface area contributed by atoms with E-state index in [0.717, 1.165) is 14.0 Å². The highest BCUT2D eigenvalue weighted by Gasteiger charge is 2.41. The van der Waals surface area contributed by atoms with Crippen molar-refractivity contribution in [2.24, 2.45) is 11.8 Å². The van der Waals surface area contributed by atoms with Gasteiger partial charge in [0.1, 0.15) is 30.2 Å². The molecule has 22 nitrogen and oxygen atoms in total. The van der Waals surface area contributed by atoms with Gasteiger partial charge in [-0.15, -0.1) is 0 Å². The van der Waals surface area contributed by atoms with Crippen LogP contribution < -0.4 is 31.9 Å². The summed E-state index contributed by atoms with van der Waals surface area (Å²) < 4.78 is 4.49. The number of ether oxygens (including phenoxy) is 1. The van der Waals surface area contributed by atoms with Gasteiger partial charge in [-0.1, -0.05) is 41.0 Å². The molecule has 1 saturated heterocycles. The van der Waals surface area contributed by atoms with Gasteiger partial charge in [-0.25, -0.2) is 4.79 Å². The van der Waals surface area contributed by atoms with Gasteiger partial charge in [-0.05, 0) is 43.9 Å². The first kappa shape index (κ1) is 51.3. The number of likely N-dealkylation sites (tertiary alicyclic amines) is 1. The second-order valence-corrected chi connectivity index (χ2v) is 14.8. The number of hydrogen-bond donors (Lipinski definition) is 9. The summed E-state index contributed by atoms with van der Waals surface area (Å²) in [4.78, 5) is 141. The molecule has 1 fully saturated rings. The number of esters is 1. The Morgan fingerprint density at radius 2 is 1.20 bits per heavy atom. The summed E-state index contributed by atoms with van der Waals surface area (Å²) in [5.41, 5.74) is 0. The molecule has 1 aliphatic heterocycles. The van der Waals surface area contributed by atoms with Crippen molar-refractivity contribution in [3.63, 3.8) is 0 Å². The molecule has 332 valence electrons. The smallest absolute Gasteiger partial charge is 0.330 e. The van der Waals surface area contributed by atoms with Crippen LogP contribution in [0.25, 0.3) is 0 Å². The number of aliphatic hydroxyl groups is 1. The Morgan fingerprint density at radius 1 is 0.678 bits per heavy atom. The van der Waals surface area contributed by atoms with Gasteiger partial charge in [0.05, 0.1) is 19.8 Å². The fourth-order valence-corrected chi connectivity index (χ4v) is 6.15. The summed E-state index contributed by atoms with van der Waals surface area (Å²) in [6.07, 6.45) is -0.957. The molecule has 0 aromatic carbocycles. The summed E-state index contributed by atoms with van der Waals surface area (Å²) >= 11 is 0. The second kappa shape index (κ2) is 25.0. The average molecular weight is 842 g/mol. The highest BCUT2D eigenvalue weighted by Crippen LogP contribution is 2.21. The first-order valence-corrected chi connectivity index (χ1v) is 19.4. The van der Waals surface area contributed by atoms with Gasteiger partial charge in [0.2, 0.25) is 41.2 Å². The minimum absolute atomic E-state index is 0.0229. The molecule has 59 heavy (non-hydrogen) atoms. The number of carboxylic acids is 2. The molecule has 0 spiro atoms. The maximum absolute atomic E-state index is 14.0. The largest absolute Gasteiger partial charge is 0.481 e. The number of amides is 7. The zero-order valence-electron chi connectivity index (χ0n) is 34.5. The number of nitrogens with one attached hydrogen (secondary N) is 6. The highest BCUT2D eigenvalue weighted by atomic mass is 16.5. The van der Waals surface area contributed by atoms with Crippen molar-refractivity contribution in [3.05, 3.63) is 0 Å². The molecule has 1 aliphatic rings. The average Bonchev–Trinajstić information content (AvgIpc) is 3.66. The summed E-state index contributed by atoms with van der Waals surface area (Å²) in [5.74, 6) is -11.9. The zero-order valence-corrected chi connectivity index (χ0v) is 34.5. The third-order valence-electron chi connectivity index (χ3n) is 9.34. The molecule has 0 aromatic rings. The lowest BCUT2D eigenvalue weighted by molar-refractivity contribution is -0.148. The lowest BCUT2D eigenvalue weighted by atomic mass is 9.98. The third kappa shape index (κ3) is 16.6. The van der Waals surface area contributed by atoms with E-state index < -0.39 is 145 Å². The molecule has 7 atom stereocenters. The van der Waals surface area contributed by atoms with E-state index in [1.807, 2.05) is 0 Å². The Morgan fingerprint density at radius 3 is 1.68 bits per heavy atom. The van der Waals surface area contributed by atoms with E-state index in [4.69, 9.17) is 5.11 Å². The lowest BCUT2D eigenvalue weighted by Crippen LogP contribution is -2.61. The van der Waals surface area contributed by atoms with Crippen LogP contribution in [0.1, 0.15) is 92.9 Å². The predicted molar refractivity (Wildman–Crippen MR) is 204 cm³/mol. The molecule has 9 N–H and O–H groups in total. The van der Waals surface area contributed by atoms with Crippen LogP contribution in [0.3, 0.4) is 0 Å². The molecule has 0 unspecified atom stereocenters. The molecule has 0 radical (unpaired) electrons. The van der Waals surface area contributed by atoms with Gasteiger partial charge in [0, 0.05) is 26.3 Å². The monoisotopic (exact) mass is 841 g/mol. The van der Waals surface area contributed by atoms with Crippen molar-refractivity contribution in [2.75, 3.05) is 20.3 Å². The highest BCUT2D eigenvalue weighted by molar-refractivity contribution is 6.38. The number of methoxy groups -OCH3 is 1. The Labute approximate surface area is 341 Å². The van der Waals surface area contributed by atoms with Crippen molar-refractivity contribution < 1.29 is 72.8 Å². The van der Waals surface area contributed by atoms with E-state index in [0.29, 0.717) is 12.8 Å². The first-order chi connectivity index (χ1) is 27.6. The van der Waals surface area contributed by atoms with Gasteiger partial charge in [-0.3, -0.25) is 47.9 Å². The second-order valence-electron chi connectivity index (χ2n) is 14.8. The van der Waals surface area contributed by atoms with E-state index in [1.165, 1.54) is 4.90 Å². The van der Waals surface area contributed by atoms with Crippen LogP contribution in [0.5, 0.6) is 0 Å². The number of aliphatic carboxylic acids is 2. The quantitative estimate of drug-likeness (QED) is 0.0339. The van der Waals surface area contributed by atoms with Gasteiger partial charge in [-0.2, -0.15) is 0 Å². The number of carbonyl (C=O) groups excluding carboxylic acids is 9. The Balaban J connectivity index is 3.24. The normalized spacial score (nSPS) is 16.6. The number of Topliss-reactive ketones (excluding diaryl/α,β-unsaturated/α-hetero) is 1. The van der Waals surface area contributed by atoms with Crippen LogP contribution >= 0.6 is 0 Å². The van der Waals surface area contributed by atoms with Crippen LogP contribution in [0.2, 0.25) is 0 Å². The number of rotatable bonds is 25. The van der Waals surface area contributed by atoms with E-state index in [9.17, 15) is 63.0 Å². The molecule has 0 saturated carbocycles. The van der Waals surface area contributed by atoms with Gasteiger partial charge in [0.25, 0.3) is 5.91 Å². The molecule has 7 amide bonds. The number of ketones is 1. The minimum atomic E-state index is -1.54. The Kier molecular flexibility index (Phi) is 21.7. The number of aliphatic hydroxyl groups excluding tert-OH is 1. The van der Waals surface area contributed by atoms with Crippen molar-refractivity contribution in [3.8, 4) is 0 Å². The van der Waals surface area contributed by atoms with Crippen molar-refractivity contribution in [2.45, 2.75) is 135 Å². The van der Waals surface area contributed by atoms with E-state index in [-0.39, 0.29) is 25.8 Å². The summed E-state index contributed by atoms with van der Waals surface area (Å²) in [6.45, 7) is 8.46. The number of nitrogens with zero attached hydrogens (tertiary/aromatic N) is 1. The minimum Gasteiger partial charge on any atom is -0.481 e. The first-order valence-electron chi connectivity index (χ1n) is 19.4. The maximum Gasteiger partial charge on any atom is 0.330 e. The van der Waals surface area contributed by atoms with Gasteiger partial charge >= 0.3 is 17.9 Å². The topological polar surface area (TPSA) is 333 Å². The van der Waals surface area contributed by atoms with Crippen molar-refractivity contribution >= 4 is 65.0 Å². The molecule has 0 bridgehead atoms. The van der Waals surface area contributed by atoms with Crippen LogP contribution in [0.15, 0.2) is 0 Å². The number of carbonyl (C=O) groups is 11. The van der Waals surface area contributed by atoms with E-state index in [2.05, 4.69) is 36.6 Å². The summed E-state index contributed by atoms with van der Waals surface area (Å²) in [5, 5.41) is 42.1. The summed E-state index contributed by atoms with van der Waals surface area (Å²) in [6, 6.07) is -9.47. The summed E-state index contributed by atoms with van der Waals surface area (Å²) in [7, 11) is 1.03. The molecular formula is C37H59N7O15. The van der Waals surface area contributed by atoms with Crippen LogP contribution in [0, 0.1) is 11.8 Å². The molecule has 1 heterocycles. The van der Waals surface area contributed by atoms with Crippen LogP contribution in [-0.2, 0) is 57.5 Å². The SMILES string of the molecule is CCC[C@H](NC(=O)[C@@H]1CCCN1C(=O)[C@@H](NC(=O)[C@@H](NC(=O)[C@H](CCC(=O)O)NC(=O)[C@H](CCC(=O)O)NC(C)=O)C(C)C)C(C)C)C(=O)C(=O)N[C@@H](CO)C(=O)OC. The lowest BCUT2D eigenvalue weighted by Gasteiger charge is -2.33. The predicted octanol–water partition coefficient (Wildman–Crippen LogP) is -2.52. The number of hydrogen-bond acceptors (Lipinski definition) is 13. The maximum atomic E-state index is 14.0. The zero-order chi connectivity index (χ0) is 45.1. The Hall–Kier alpha value is -5.67. The molecule has 1 rings (SSSR count).